The molecule has 1 aromatic heterocycles. The second kappa shape index (κ2) is 7.46. The van der Waals surface area contributed by atoms with E-state index in [-0.39, 0.29) is 11.5 Å². The van der Waals surface area contributed by atoms with Crippen molar-refractivity contribution in [3.8, 4) is 17.0 Å². The lowest BCUT2D eigenvalue weighted by Gasteiger charge is -2.10. The van der Waals surface area contributed by atoms with Crippen LogP contribution in [0.4, 0.5) is 5.95 Å². The van der Waals surface area contributed by atoms with Crippen molar-refractivity contribution < 1.29 is 4.74 Å². The Morgan fingerprint density at radius 2 is 1.67 bits per heavy atom. The topological polar surface area (TPSA) is 81.0 Å². The molecule has 0 aliphatic heterocycles. The van der Waals surface area contributed by atoms with Crippen LogP contribution in [0.2, 0.25) is 0 Å². The first-order chi connectivity index (χ1) is 11.7. The molecule has 0 unspecified atom stereocenters. The van der Waals surface area contributed by atoms with Crippen molar-refractivity contribution in [2.45, 2.75) is 12.8 Å². The van der Waals surface area contributed by atoms with Gasteiger partial charge in [0.2, 0.25) is 5.95 Å². The van der Waals surface area contributed by atoms with Crippen molar-refractivity contribution in [1.29, 1.82) is 0 Å². The second-order valence-corrected chi connectivity index (χ2v) is 5.41. The van der Waals surface area contributed by atoms with E-state index in [9.17, 15) is 4.79 Å². The maximum absolute atomic E-state index is 12.3. The minimum atomic E-state index is -0.193. The average Bonchev–Trinajstić information content (AvgIpc) is 2.61. The Bertz CT molecular complexity index is 845. The monoisotopic (exact) mass is 321 g/mol. The number of nitrogens with zero attached hydrogens (tertiary/aromatic N) is 1. The Morgan fingerprint density at radius 3 is 2.38 bits per heavy atom. The van der Waals surface area contributed by atoms with Crippen molar-refractivity contribution in [2.75, 3.05) is 12.3 Å². The van der Waals surface area contributed by atoms with E-state index in [2.05, 4.69) is 9.97 Å². The summed E-state index contributed by atoms with van der Waals surface area (Å²) in [5.41, 5.74) is 7.66. The molecular weight excluding hydrogens is 302 g/mol. The van der Waals surface area contributed by atoms with Gasteiger partial charge < -0.3 is 10.5 Å². The number of rotatable bonds is 6. The van der Waals surface area contributed by atoms with Crippen molar-refractivity contribution in [2.24, 2.45) is 0 Å². The van der Waals surface area contributed by atoms with Crippen LogP contribution in [0.25, 0.3) is 11.3 Å². The van der Waals surface area contributed by atoms with Crippen LogP contribution in [-0.2, 0) is 6.42 Å². The maximum atomic E-state index is 12.3. The van der Waals surface area contributed by atoms with E-state index in [1.165, 1.54) is 0 Å². The van der Waals surface area contributed by atoms with Gasteiger partial charge in [-0.25, -0.2) is 4.98 Å². The molecule has 3 N–H and O–H groups in total. The third kappa shape index (κ3) is 3.81. The highest BCUT2D eigenvalue weighted by Crippen LogP contribution is 2.20. The Balaban J connectivity index is 1.74. The zero-order chi connectivity index (χ0) is 16.8. The van der Waals surface area contributed by atoms with Crippen LogP contribution in [0.1, 0.15) is 12.0 Å². The molecule has 0 aliphatic rings. The summed E-state index contributed by atoms with van der Waals surface area (Å²) in [4.78, 5) is 19.2. The third-order valence-electron chi connectivity index (χ3n) is 3.66. The van der Waals surface area contributed by atoms with Crippen LogP contribution in [0.15, 0.2) is 65.5 Å². The molecule has 122 valence electrons. The summed E-state index contributed by atoms with van der Waals surface area (Å²) in [5, 5.41) is 0. The van der Waals surface area contributed by atoms with E-state index >= 15 is 0 Å². The van der Waals surface area contributed by atoms with Crippen molar-refractivity contribution in [3.05, 3.63) is 76.6 Å². The Labute approximate surface area is 140 Å². The van der Waals surface area contributed by atoms with Gasteiger partial charge in [-0.05, 0) is 25.0 Å². The zero-order valence-electron chi connectivity index (χ0n) is 13.2. The molecule has 5 nitrogen and oxygen atoms in total. The number of H-pyrrole nitrogens is 1. The number of hydrogen-bond donors (Lipinski definition) is 2. The highest BCUT2D eigenvalue weighted by atomic mass is 16.5. The van der Waals surface area contributed by atoms with Crippen molar-refractivity contribution >= 4 is 5.95 Å². The first-order valence-corrected chi connectivity index (χ1v) is 7.86. The molecule has 0 saturated carbocycles. The predicted molar refractivity (Wildman–Crippen MR) is 95.0 cm³/mol. The smallest absolute Gasteiger partial charge is 0.256 e. The van der Waals surface area contributed by atoms with Crippen LogP contribution in [-0.4, -0.2) is 16.6 Å². The van der Waals surface area contributed by atoms with Gasteiger partial charge in [-0.15, -0.1) is 0 Å². The second-order valence-electron chi connectivity index (χ2n) is 5.41. The molecule has 0 radical (unpaired) electrons. The number of hydrogen-bond acceptors (Lipinski definition) is 4. The van der Waals surface area contributed by atoms with Crippen LogP contribution < -0.4 is 16.0 Å². The lowest BCUT2D eigenvalue weighted by Crippen LogP contribution is -2.19. The third-order valence-corrected chi connectivity index (χ3v) is 3.66. The normalized spacial score (nSPS) is 10.5. The number of ether oxygens (including phenoxy) is 1. The fourth-order valence-electron chi connectivity index (χ4n) is 2.54. The fraction of sp³-hybridized carbons (Fsp3) is 0.158. The van der Waals surface area contributed by atoms with Gasteiger partial charge in [0.05, 0.1) is 12.3 Å². The lowest BCUT2D eigenvalue weighted by atomic mass is 10.0. The zero-order valence-corrected chi connectivity index (χ0v) is 13.2. The summed E-state index contributed by atoms with van der Waals surface area (Å²) in [5.74, 6) is 0.952. The number of nitrogens with two attached hydrogens (primary N) is 1. The minimum absolute atomic E-state index is 0.128. The molecule has 5 heteroatoms. The summed E-state index contributed by atoms with van der Waals surface area (Å²) in [7, 11) is 0. The molecule has 0 aliphatic carbocycles. The van der Waals surface area contributed by atoms with Crippen LogP contribution >= 0.6 is 0 Å². The summed E-state index contributed by atoms with van der Waals surface area (Å²) >= 11 is 0. The van der Waals surface area contributed by atoms with Gasteiger partial charge in [0.15, 0.2) is 0 Å². The molecule has 2 aromatic carbocycles. The molecule has 24 heavy (non-hydrogen) atoms. The van der Waals surface area contributed by atoms with E-state index in [0.717, 1.165) is 11.3 Å². The van der Waals surface area contributed by atoms with Crippen LogP contribution in [0, 0.1) is 0 Å². The van der Waals surface area contributed by atoms with Gasteiger partial charge in [-0.2, -0.15) is 0 Å². The van der Waals surface area contributed by atoms with Gasteiger partial charge in [-0.1, -0.05) is 48.5 Å². The van der Waals surface area contributed by atoms with Gasteiger partial charge >= 0.3 is 0 Å². The maximum Gasteiger partial charge on any atom is 0.256 e. The van der Waals surface area contributed by atoms with E-state index in [4.69, 9.17) is 10.5 Å². The van der Waals surface area contributed by atoms with E-state index < -0.39 is 0 Å². The summed E-state index contributed by atoms with van der Waals surface area (Å²) in [6.07, 6.45) is 1.28. The predicted octanol–water partition coefficient (Wildman–Crippen LogP) is 3.03. The van der Waals surface area contributed by atoms with E-state index in [0.29, 0.717) is 30.7 Å². The minimum Gasteiger partial charge on any atom is -0.494 e. The van der Waals surface area contributed by atoms with Crippen LogP contribution in [0.3, 0.4) is 0 Å². The number of nitrogen functional groups attached to an aromatic ring is 1. The molecule has 0 bridgehead atoms. The Hall–Kier alpha value is -3.08. The Kier molecular flexibility index (Phi) is 4.91. The van der Waals surface area contributed by atoms with Gasteiger partial charge in [-0.3, -0.25) is 9.78 Å². The highest BCUT2D eigenvalue weighted by molar-refractivity contribution is 5.63. The van der Waals surface area contributed by atoms with Gasteiger partial charge in [0.1, 0.15) is 5.75 Å². The number of nitrogens with one attached hydrogen (secondary N) is 1. The van der Waals surface area contributed by atoms with E-state index in [1.54, 1.807) is 0 Å². The van der Waals surface area contributed by atoms with Gasteiger partial charge in [0.25, 0.3) is 5.56 Å². The molecule has 1 heterocycles. The number of benzene rings is 2. The molecule has 0 amide bonds. The molecule has 0 atom stereocenters. The quantitative estimate of drug-likeness (QED) is 0.684. The van der Waals surface area contributed by atoms with Gasteiger partial charge in [0, 0.05) is 11.1 Å². The number of anilines is 1. The molecule has 3 rings (SSSR count). The molecule has 0 spiro atoms. The molecule has 0 fully saturated rings. The molecular formula is C19H19N3O2. The lowest BCUT2D eigenvalue weighted by molar-refractivity contribution is 0.311. The van der Waals surface area contributed by atoms with E-state index in [1.807, 2.05) is 60.7 Å². The largest absolute Gasteiger partial charge is 0.494 e. The summed E-state index contributed by atoms with van der Waals surface area (Å²) in [6.45, 7) is 0.530. The Morgan fingerprint density at radius 1 is 1.00 bits per heavy atom. The highest BCUT2D eigenvalue weighted by Gasteiger charge is 2.12. The number of aromatic amines is 1. The van der Waals surface area contributed by atoms with Crippen molar-refractivity contribution in [3.63, 3.8) is 0 Å². The summed E-state index contributed by atoms with van der Waals surface area (Å²) < 4.78 is 5.68. The van der Waals surface area contributed by atoms with Crippen LogP contribution in [0.5, 0.6) is 5.75 Å². The summed E-state index contributed by atoms with van der Waals surface area (Å²) in [6, 6.07) is 19.2. The number of aromatic nitrogens is 2. The molecule has 3 aromatic rings. The first kappa shape index (κ1) is 15.8. The van der Waals surface area contributed by atoms with Crippen molar-refractivity contribution in [1.82, 2.24) is 9.97 Å². The average molecular weight is 321 g/mol. The molecule has 0 saturated heterocycles. The standard InChI is InChI=1S/C19H19N3O2/c20-19-21-17(14-8-3-1-4-9-14)16(18(23)22-19)12-7-13-24-15-10-5-2-6-11-15/h1-6,8-11H,7,12-13H2,(H3,20,21,22,23). The first-order valence-electron chi connectivity index (χ1n) is 7.86. The fourth-order valence-corrected chi connectivity index (χ4v) is 2.54. The number of para-hydroxylation sites is 1. The SMILES string of the molecule is Nc1nc(-c2ccccc2)c(CCCOc2ccccc2)c(=O)[nH]1.